The standard InChI is InChI=1S/C17H29FN4O2/c18-13-3-1-2-11(9-13)8-12-4-5-15(20-10-12)22-16(23)14-6-7-19-17(24)21-14/h11-15,20H,1-10H2,(H,22,23)(H2,19,21,24). The second kappa shape index (κ2) is 8.14. The van der Waals surface area contributed by atoms with Gasteiger partial charge in [0.1, 0.15) is 12.2 Å². The third-order valence-corrected chi connectivity index (χ3v) is 5.56. The van der Waals surface area contributed by atoms with Crippen molar-refractivity contribution >= 4 is 11.9 Å². The summed E-state index contributed by atoms with van der Waals surface area (Å²) in [5.41, 5.74) is 0. The van der Waals surface area contributed by atoms with Gasteiger partial charge in [-0.3, -0.25) is 10.1 Å². The number of carbonyl (C=O) groups is 2. The van der Waals surface area contributed by atoms with Crippen molar-refractivity contribution in [3.05, 3.63) is 0 Å². The van der Waals surface area contributed by atoms with E-state index in [-0.39, 0.29) is 18.1 Å². The Labute approximate surface area is 142 Å². The maximum Gasteiger partial charge on any atom is 0.315 e. The monoisotopic (exact) mass is 340 g/mol. The van der Waals surface area contributed by atoms with E-state index in [1.54, 1.807) is 0 Å². The number of hydrogen-bond acceptors (Lipinski definition) is 3. The molecule has 0 aromatic carbocycles. The molecule has 0 spiro atoms. The minimum atomic E-state index is -0.604. The van der Waals surface area contributed by atoms with Crippen LogP contribution < -0.4 is 21.3 Å². The number of rotatable bonds is 4. The van der Waals surface area contributed by atoms with Gasteiger partial charge in [-0.2, -0.15) is 0 Å². The van der Waals surface area contributed by atoms with Gasteiger partial charge in [0.25, 0.3) is 0 Å². The molecule has 2 heterocycles. The molecule has 6 nitrogen and oxygen atoms in total. The number of halogens is 1. The maximum absolute atomic E-state index is 13.5. The molecule has 3 amide bonds. The fraction of sp³-hybridized carbons (Fsp3) is 0.882. The van der Waals surface area contributed by atoms with Gasteiger partial charge in [0.15, 0.2) is 0 Å². The summed E-state index contributed by atoms with van der Waals surface area (Å²) in [5.74, 6) is 0.983. The SMILES string of the molecule is O=C1NCCC(C(=O)NC2CCC(CC3CCCC(F)C3)CN2)N1. The van der Waals surface area contributed by atoms with Gasteiger partial charge in [-0.15, -0.1) is 0 Å². The first kappa shape index (κ1) is 17.5. The second-order valence-corrected chi connectivity index (χ2v) is 7.52. The smallest absolute Gasteiger partial charge is 0.315 e. The molecule has 3 fully saturated rings. The van der Waals surface area contributed by atoms with E-state index < -0.39 is 12.2 Å². The Kier molecular flexibility index (Phi) is 5.92. The summed E-state index contributed by atoms with van der Waals surface area (Å²) >= 11 is 0. The molecule has 4 N–H and O–H groups in total. The first-order valence-corrected chi connectivity index (χ1v) is 9.32. The molecule has 0 aromatic rings. The summed E-state index contributed by atoms with van der Waals surface area (Å²) in [4.78, 5) is 23.5. The number of urea groups is 1. The largest absolute Gasteiger partial charge is 0.339 e. The van der Waals surface area contributed by atoms with E-state index in [2.05, 4.69) is 21.3 Å². The van der Waals surface area contributed by atoms with Crippen molar-refractivity contribution in [2.45, 2.75) is 69.7 Å². The van der Waals surface area contributed by atoms with Crippen LogP contribution in [0.3, 0.4) is 0 Å². The first-order chi connectivity index (χ1) is 11.6. The average molecular weight is 340 g/mol. The highest BCUT2D eigenvalue weighted by Gasteiger charge is 2.30. The summed E-state index contributed by atoms with van der Waals surface area (Å²) in [6.07, 6.45) is 6.67. The van der Waals surface area contributed by atoms with Gasteiger partial charge >= 0.3 is 6.03 Å². The lowest BCUT2D eigenvalue weighted by atomic mass is 9.80. The zero-order valence-corrected chi connectivity index (χ0v) is 14.2. The van der Waals surface area contributed by atoms with Crippen molar-refractivity contribution in [1.82, 2.24) is 21.3 Å². The molecular formula is C17H29FN4O2. The van der Waals surface area contributed by atoms with Crippen LogP contribution in [-0.2, 0) is 4.79 Å². The highest BCUT2D eigenvalue weighted by Crippen LogP contribution is 2.33. The number of alkyl halides is 1. The normalized spacial score (nSPS) is 37.2. The van der Waals surface area contributed by atoms with Gasteiger partial charge in [0, 0.05) is 6.54 Å². The number of piperidine rings is 1. The molecule has 24 heavy (non-hydrogen) atoms. The van der Waals surface area contributed by atoms with Gasteiger partial charge < -0.3 is 16.0 Å². The molecule has 0 radical (unpaired) electrons. The third kappa shape index (κ3) is 4.82. The van der Waals surface area contributed by atoms with E-state index in [0.717, 1.165) is 51.5 Å². The molecule has 5 atom stereocenters. The van der Waals surface area contributed by atoms with Crippen molar-refractivity contribution in [2.24, 2.45) is 11.8 Å². The van der Waals surface area contributed by atoms with Crippen LogP contribution in [0, 0.1) is 11.8 Å². The Balaban J connectivity index is 1.37. The predicted octanol–water partition coefficient (Wildman–Crippen LogP) is 1.42. The van der Waals surface area contributed by atoms with Crippen molar-refractivity contribution in [2.75, 3.05) is 13.1 Å². The molecule has 1 saturated carbocycles. The highest BCUT2D eigenvalue weighted by molar-refractivity contribution is 5.88. The van der Waals surface area contributed by atoms with Crippen LogP contribution in [0.2, 0.25) is 0 Å². The molecule has 2 aliphatic heterocycles. The number of nitrogens with one attached hydrogen (secondary N) is 4. The molecule has 1 aliphatic carbocycles. The minimum Gasteiger partial charge on any atom is -0.339 e. The maximum atomic E-state index is 13.5. The lowest BCUT2D eigenvalue weighted by Gasteiger charge is -2.35. The predicted molar refractivity (Wildman–Crippen MR) is 89.1 cm³/mol. The van der Waals surface area contributed by atoms with Crippen molar-refractivity contribution in [1.29, 1.82) is 0 Å². The molecule has 5 unspecified atom stereocenters. The minimum absolute atomic E-state index is 0.0270. The Bertz CT molecular complexity index is 454. The van der Waals surface area contributed by atoms with E-state index in [4.69, 9.17) is 0 Å². The molecule has 0 bridgehead atoms. The molecule has 3 aliphatic rings. The van der Waals surface area contributed by atoms with E-state index in [1.165, 1.54) is 0 Å². The number of carbonyl (C=O) groups excluding carboxylic acids is 2. The molecular weight excluding hydrogens is 311 g/mol. The summed E-state index contributed by atoms with van der Waals surface area (Å²) in [6.45, 7) is 1.40. The zero-order chi connectivity index (χ0) is 16.9. The Morgan fingerprint density at radius 3 is 2.75 bits per heavy atom. The fourth-order valence-corrected chi connectivity index (χ4v) is 4.23. The Morgan fingerprint density at radius 1 is 1.17 bits per heavy atom. The quantitative estimate of drug-likeness (QED) is 0.625. The van der Waals surface area contributed by atoms with Crippen molar-refractivity contribution in [3.63, 3.8) is 0 Å². The second-order valence-electron chi connectivity index (χ2n) is 7.52. The summed E-state index contributed by atoms with van der Waals surface area (Å²) in [7, 11) is 0. The molecule has 7 heteroatoms. The first-order valence-electron chi connectivity index (χ1n) is 9.32. The van der Waals surface area contributed by atoms with Gasteiger partial charge in [0.05, 0.1) is 6.17 Å². The van der Waals surface area contributed by atoms with E-state index in [9.17, 15) is 14.0 Å². The van der Waals surface area contributed by atoms with Crippen LogP contribution in [0.4, 0.5) is 9.18 Å². The highest BCUT2D eigenvalue weighted by atomic mass is 19.1. The lowest BCUT2D eigenvalue weighted by molar-refractivity contribution is -0.124. The lowest BCUT2D eigenvalue weighted by Crippen LogP contribution is -2.59. The van der Waals surface area contributed by atoms with E-state index >= 15 is 0 Å². The number of hydrogen-bond donors (Lipinski definition) is 4. The van der Waals surface area contributed by atoms with Gasteiger partial charge in [0.2, 0.25) is 5.91 Å². The molecule has 2 saturated heterocycles. The van der Waals surface area contributed by atoms with E-state index in [0.29, 0.717) is 24.8 Å². The Hall–Kier alpha value is -1.37. The fourth-order valence-electron chi connectivity index (χ4n) is 4.23. The van der Waals surface area contributed by atoms with Crippen LogP contribution in [0.15, 0.2) is 0 Å². The van der Waals surface area contributed by atoms with Crippen LogP contribution >= 0.6 is 0 Å². The summed E-state index contributed by atoms with van der Waals surface area (Å²) in [5, 5.41) is 11.7. The van der Waals surface area contributed by atoms with Gasteiger partial charge in [-0.1, -0.05) is 12.8 Å². The van der Waals surface area contributed by atoms with Crippen LogP contribution in [0.25, 0.3) is 0 Å². The molecule has 3 rings (SSSR count). The summed E-state index contributed by atoms with van der Waals surface area (Å²) < 4.78 is 13.5. The third-order valence-electron chi connectivity index (χ3n) is 5.56. The van der Waals surface area contributed by atoms with Crippen molar-refractivity contribution in [3.8, 4) is 0 Å². The van der Waals surface area contributed by atoms with E-state index in [1.807, 2.05) is 0 Å². The van der Waals surface area contributed by atoms with Crippen LogP contribution in [0.5, 0.6) is 0 Å². The molecule has 136 valence electrons. The topological polar surface area (TPSA) is 82.3 Å². The Morgan fingerprint density at radius 2 is 2.04 bits per heavy atom. The van der Waals surface area contributed by atoms with Crippen LogP contribution in [0.1, 0.15) is 51.4 Å². The number of amides is 3. The van der Waals surface area contributed by atoms with Gasteiger partial charge in [-0.25, -0.2) is 9.18 Å². The van der Waals surface area contributed by atoms with Crippen molar-refractivity contribution < 1.29 is 14.0 Å². The van der Waals surface area contributed by atoms with Gasteiger partial charge in [-0.05, 0) is 56.9 Å². The summed E-state index contributed by atoms with van der Waals surface area (Å²) in [6, 6.07) is -0.723. The molecule has 0 aromatic heterocycles. The zero-order valence-electron chi connectivity index (χ0n) is 14.2. The average Bonchev–Trinajstić information content (AvgIpc) is 2.57. The van der Waals surface area contributed by atoms with Crippen LogP contribution in [-0.4, -0.2) is 43.4 Å².